The smallest absolute Gasteiger partial charge is 0.254 e. The molecule has 22 heavy (non-hydrogen) atoms. The van der Waals surface area contributed by atoms with E-state index in [0.29, 0.717) is 0 Å². The van der Waals surface area contributed by atoms with Crippen LogP contribution >= 0.6 is 11.8 Å². The number of amides is 1. The van der Waals surface area contributed by atoms with Crippen molar-refractivity contribution in [2.75, 3.05) is 44.2 Å². The highest BCUT2D eigenvalue weighted by Gasteiger charge is 2.23. The normalized spacial score (nSPS) is 23.5. The van der Waals surface area contributed by atoms with Crippen LogP contribution in [0, 0.1) is 0 Å². The Morgan fingerprint density at radius 3 is 2.64 bits per heavy atom. The van der Waals surface area contributed by atoms with Gasteiger partial charge in [-0.2, -0.15) is 11.8 Å². The largest absolute Gasteiger partial charge is 0.333 e. The molecular weight excluding hydrogens is 294 g/mol. The van der Waals surface area contributed by atoms with Gasteiger partial charge in [-0.05, 0) is 24.6 Å². The van der Waals surface area contributed by atoms with E-state index in [9.17, 15) is 4.79 Å². The maximum atomic E-state index is 12.6. The van der Waals surface area contributed by atoms with Crippen molar-refractivity contribution in [1.29, 1.82) is 0 Å². The monoisotopic (exact) mass is 319 g/mol. The van der Waals surface area contributed by atoms with E-state index in [-0.39, 0.29) is 11.9 Å². The average Bonchev–Trinajstić information content (AvgIpc) is 2.56. The zero-order chi connectivity index (χ0) is 15.4. The van der Waals surface area contributed by atoms with Gasteiger partial charge in [0.25, 0.3) is 5.91 Å². The zero-order valence-electron chi connectivity index (χ0n) is 13.3. The lowest BCUT2D eigenvalue weighted by Crippen LogP contribution is -2.52. The molecule has 0 aliphatic carbocycles. The number of benzene rings is 1. The number of hydrogen-bond donors (Lipinski definition) is 1. The Morgan fingerprint density at radius 1 is 1.23 bits per heavy atom. The summed E-state index contributed by atoms with van der Waals surface area (Å²) < 4.78 is 0. The third kappa shape index (κ3) is 3.83. The van der Waals surface area contributed by atoms with E-state index in [4.69, 9.17) is 0 Å². The van der Waals surface area contributed by atoms with E-state index in [0.717, 1.165) is 31.7 Å². The minimum absolute atomic E-state index is 0.162. The van der Waals surface area contributed by atoms with Gasteiger partial charge in [0.2, 0.25) is 0 Å². The Bertz CT molecular complexity index is 499. The first kappa shape index (κ1) is 15.8. The summed E-state index contributed by atoms with van der Waals surface area (Å²) in [7, 11) is 0. The second-order valence-corrected chi connectivity index (χ2v) is 7.36. The summed E-state index contributed by atoms with van der Waals surface area (Å²) in [6, 6.07) is 8.48. The van der Waals surface area contributed by atoms with E-state index in [1.165, 1.54) is 30.2 Å². The van der Waals surface area contributed by atoms with Crippen molar-refractivity contribution in [3.05, 3.63) is 35.4 Å². The van der Waals surface area contributed by atoms with Gasteiger partial charge in [0, 0.05) is 62.4 Å². The fourth-order valence-electron chi connectivity index (χ4n) is 3.08. The lowest BCUT2D eigenvalue weighted by atomic mass is 10.1. The summed E-state index contributed by atoms with van der Waals surface area (Å²) >= 11 is 2.03. The van der Waals surface area contributed by atoms with Crippen LogP contribution in [0.2, 0.25) is 0 Å². The molecule has 1 aromatic rings. The van der Waals surface area contributed by atoms with Crippen LogP contribution in [-0.4, -0.2) is 66.0 Å². The molecule has 0 spiro atoms. The third-order valence-corrected chi connectivity index (χ3v) is 5.42. The molecule has 1 atom stereocenters. The number of hydrogen-bond acceptors (Lipinski definition) is 4. The zero-order valence-corrected chi connectivity index (χ0v) is 14.1. The lowest BCUT2D eigenvalue weighted by Gasteiger charge is -2.34. The van der Waals surface area contributed by atoms with Gasteiger partial charge in [0.05, 0.1) is 0 Å². The Hall–Kier alpha value is -1.04. The molecule has 2 aliphatic heterocycles. The number of thioether (sulfide) groups is 1. The number of carbonyl (C=O) groups is 1. The first-order valence-corrected chi connectivity index (χ1v) is 9.30. The van der Waals surface area contributed by atoms with Crippen LogP contribution in [0.4, 0.5) is 0 Å². The Morgan fingerprint density at radius 2 is 1.95 bits per heavy atom. The molecule has 2 aliphatic rings. The van der Waals surface area contributed by atoms with Crippen molar-refractivity contribution >= 4 is 17.7 Å². The standard InChI is InChI=1S/C17H25N3OS/c1-14-12-18-6-7-20(14)17(21)16-4-2-15(3-5-16)13-19-8-10-22-11-9-19/h2-5,14,18H,6-13H2,1H3/t14-/m0/s1. The lowest BCUT2D eigenvalue weighted by molar-refractivity contribution is 0.0656. The van der Waals surface area contributed by atoms with Gasteiger partial charge in [0.15, 0.2) is 0 Å². The van der Waals surface area contributed by atoms with E-state index in [1.54, 1.807) is 0 Å². The second kappa shape index (κ2) is 7.49. The van der Waals surface area contributed by atoms with Crippen molar-refractivity contribution in [2.24, 2.45) is 0 Å². The van der Waals surface area contributed by atoms with Crippen LogP contribution in [-0.2, 0) is 6.54 Å². The van der Waals surface area contributed by atoms with Gasteiger partial charge < -0.3 is 10.2 Å². The number of carbonyl (C=O) groups excluding carboxylic acids is 1. The van der Waals surface area contributed by atoms with Crippen molar-refractivity contribution in [1.82, 2.24) is 15.1 Å². The maximum absolute atomic E-state index is 12.6. The number of nitrogens with zero attached hydrogens (tertiary/aromatic N) is 2. The van der Waals surface area contributed by atoms with E-state index < -0.39 is 0 Å². The van der Waals surface area contributed by atoms with Crippen molar-refractivity contribution in [2.45, 2.75) is 19.5 Å². The Labute approximate surface area is 137 Å². The molecule has 0 radical (unpaired) electrons. The van der Waals surface area contributed by atoms with Gasteiger partial charge >= 0.3 is 0 Å². The predicted octanol–water partition coefficient (Wildman–Crippen LogP) is 1.67. The quantitative estimate of drug-likeness (QED) is 0.919. The highest BCUT2D eigenvalue weighted by atomic mass is 32.2. The molecule has 120 valence electrons. The van der Waals surface area contributed by atoms with Gasteiger partial charge in [-0.3, -0.25) is 9.69 Å². The highest BCUT2D eigenvalue weighted by Crippen LogP contribution is 2.15. The molecule has 0 saturated carbocycles. The molecule has 2 heterocycles. The summed E-state index contributed by atoms with van der Waals surface area (Å²) in [6.45, 7) is 8.02. The summed E-state index contributed by atoms with van der Waals surface area (Å²) in [5, 5.41) is 3.32. The van der Waals surface area contributed by atoms with Crippen LogP contribution in [0.15, 0.2) is 24.3 Å². The number of piperazine rings is 1. The fraction of sp³-hybridized carbons (Fsp3) is 0.588. The SMILES string of the molecule is C[C@H]1CNCCN1C(=O)c1ccc(CN2CCSCC2)cc1. The molecule has 2 saturated heterocycles. The Kier molecular flexibility index (Phi) is 5.39. The van der Waals surface area contributed by atoms with Crippen LogP contribution in [0.25, 0.3) is 0 Å². The molecule has 1 N–H and O–H groups in total. The van der Waals surface area contributed by atoms with Gasteiger partial charge in [0.1, 0.15) is 0 Å². The molecule has 1 aromatic carbocycles. The first-order chi connectivity index (χ1) is 10.7. The van der Waals surface area contributed by atoms with Gasteiger partial charge in [-0.25, -0.2) is 0 Å². The second-order valence-electron chi connectivity index (χ2n) is 6.14. The summed E-state index contributed by atoms with van der Waals surface area (Å²) in [6.07, 6.45) is 0. The summed E-state index contributed by atoms with van der Waals surface area (Å²) in [4.78, 5) is 17.1. The summed E-state index contributed by atoms with van der Waals surface area (Å²) in [5.74, 6) is 2.63. The van der Waals surface area contributed by atoms with Crippen LogP contribution in [0.5, 0.6) is 0 Å². The third-order valence-electron chi connectivity index (χ3n) is 4.47. The summed E-state index contributed by atoms with van der Waals surface area (Å²) in [5.41, 5.74) is 2.11. The molecule has 3 rings (SSSR count). The topological polar surface area (TPSA) is 35.6 Å². The molecule has 0 aromatic heterocycles. The van der Waals surface area contributed by atoms with Crippen molar-refractivity contribution in [3.8, 4) is 0 Å². The molecular formula is C17H25N3OS. The van der Waals surface area contributed by atoms with Crippen molar-refractivity contribution in [3.63, 3.8) is 0 Å². The van der Waals surface area contributed by atoms with Crippen LogP contribution < -0.4 is 5.32 Å². The minimum Gasteiger partial charge on any atom is -0.333 e. The first-order valence-electron chi connectivity index (χ1n) is 8.15. The molecule has 0 unspecified atom stereocenters. The van der Waals surface area contributed by atoms with Gasteiger partial charge in [-0.1, -0.05) is 12.1 Å². The van der Waals surface area contributed by atoms with Gasteiger partial charge in [-0.15, -0.1) is 0 Å². The maximum Gasteiger partial charge on any atom is 0.254 e. The van der Waals surface area contributed by atoms with E-state index in [2.05, 4.69) is 29.3 Å². The number of rotatable bonds is 3. The van der Waals surface area contributed by atoms with Crippen molar-refractivity contribution < 1.29 is 4.79 Å². The average molecular weight is 319 g/mol. The molecule has 2 fully saturated rings. The van der Waals surface area contributed by atoms with E-state index in [1.807, 2.05) is 28.8 Å². The molecule has 1 amide bonds. The molecule has 4 nitrogen and oxygen atoms in total. The van der Waals surface area contributed by atoms with Crippen LogP contribution in [0.1, 0.15) is 22.8 Å². The molecule has 0 bridgehead atoms. The molecule has 5 heteroatoms. The predicted molar refractivity (Wildman–Crippen MR) is 92.4 cm³/mol. The number of nitrogens with one attached hydrogen (secondary N) is 1. The van der Waals surface area contributed by atoms with Crippen LogP contribution in [0.3, 0.4) is 0 Å². The Balaban J connectivity index is 1.61. The minimum atomic E-state index is 0.162. The highest BCUT2D eigenvalue weighted by molar-refractivity contribution is 7.99. The fourth-order valence-corrected chi connectivity index (χ4v) is 4.06. The van der Waals surface area contributed by atoms with E-state index >= 15 is 0 Å².